The quantitative estimate of drug-likeness (QED) is 0.547. The molecule has 0 radical (unpaired) electrons. The van der Waals surface area contributed by atoms with Crippen molar-refractivity contribution in [1.29, 1.82) is 0 Å². The second-order valence-electron chi connectivity index (χ2n) is 6.12. The summed E-state index contributed by atoms with van der Waals surface area (Å²) in [5, 5.41) is 1.32. The number of thiazole rings is 1. The van der Waals surface area contributed by atoms with Crippen LogP contribution in [0, 0.1) is 0 Å². The smallest absolute Gasteiger partial charge is 0.310 e. The van der Waals surface area contributed by atoms with Gasteiger partial charge in [0.25, 0.3) is 5.91 Å². The number of carbonyl (C=O) groups excluding carboxylic acids is 2. The fourth-order valence-corrected chi connectivity index (χ4v) is 3.84. The Balaban J connectivity index is 1.53. The van der Waals surface area contributed by atoms with Gasteiger partial charge in [-0.05, 0) is 30.3 Å². The molecule has 1 amide bonds. The first-order valence-electron chi connectivity index (χ1n) is 8.52. The lowest BCUT2D eigenvalue weighted by molar-refractivity contribution is -0.151. The molecular formula is C20H19ClN2O4S. The van der Waals surface area contributed by atoms with Crippen molar-refractivity contribution in [3.8, 4) is 5.75 Å². The van der Waals surface area contributed by atoms with E-state index in [-0.39, 0.29) is 18.9 Å². The van der Waals surface area contributed by atoms with Crippen LogP contribution in [0.5, 0.6) is 5.75 Å². The van der Waals surface area contributed by atoms with Gasteiger partial charge < -0.3 is 14.4 Å². The highest BCUT2D eigenvalue weighted by atomic mass is 35.5. The molecule has 0 aliphatic carbocycles. The number of carbonyl (C=O) groups is 2. The number of hydrogen-bond donors (Lipinski definition) is 0. The maximum Gasteiger partial charge on any atom is 0.310 e. The van der Waals surface area contributed by atoms with E-state index in [1.54, 1.807) is 25.2 Å². The summed E-state index contributed by atoms with van der Waals surface area (Å²) in [6.45, 7) is 0.0287. The van der Waals surface area contributed by atoms with Crippen molar-refractivity contribution in [2.75, 3.05) is 20.8 Å². The number of nitrogens with zero attached hydrogens (tertiary/aromatic N) is 2. The highest BCUT2D eigenvalue weighted by molar-refractivity contribution is 7.18. The SMILES string of the molecule is COc1ccc(Cl)cc1CC(=O)OCC(=O)N(C)Cc1nc2ccccc2s1. The van der Waals surface area contributed by atoms with Crippen LogP contribution in [-0.2, 0) is 27.3 Å². The van der Waals surface area contributed by atoms with Crippen LogP contribution >= 0.6 is 22.9 Å². The third-order valence-electron chi connectivity index (χ3n) is 4.07. The van der Waals surface area contributed by atoms with Gasteiger partial charge >= 0.3 is 5.97 Å². The molecule has 0 fully saturated rings. The van der Waals surface area contributed by atoms with Crippen LogP contribution < -0.4 is 4.74 Å². The van der Waals surface area contributed by atoms with Gasteiger partial charge in [0.2, 0.25) is 0 Å². The van der Waals surface area contributed by atoms with E-state index in [4.69, 9.17) is 21.1 Å². The number of aromatic nitrogens is 1. The molecule has 0 saturated carbocycles. The number of methoxy groups -OCH3 is 1. The average Bonchev–Trinajstić information content (AvgIpc) is 3.08. The van der Waals surface area contributed by atoms with Crippen LogP contribution in [0.2, 0.25) is 5.02 Å². The Bertz CT molecular complexity index is 972. The topological polar surface area (TPSA) is 68.7 Å². The number of rotatable bonds is 7. The Morgan fingerprint density at radius 1 is 1.21 bits per heavy atom. The van der Waals surface area contributed by atoms with Crippen LogP contribution in [0.3, 0.4) is 0 Å². The van der Waals surface area contributed by atoms with E-state index in [1.807, 2.05) is 24.3 Å². The van der Waals surface area contributed by atoms with Gasteiger partial charge in [-0.3, -0.25) is 9.59 Å². The molecule has 2 aromatic carbocycles. The summed E-state index contributed by atoms with van der Waals surface area (Å²) in [6, 6.07) is 12.8. The molecule has 0 saturated heterocycles. The first kappa shape index (κ1) is 20.1. The van der Waals surface area contributed by atoms with Crippen molar-refractivity contribution in [2.45, 2.75) is 13.0 Å². The molecule has 0 bridgehead atoms. The predicted octanol–water partition coefficient (Wildman–Crippen LogP) is 3.70. The van der Waals surface area contributed by atoms with Crippen molar-refractivity contribution in [3.05, 3.63) is 58.1 Å². The van der Waals surface area contributed by atoms with E-state index < -0.39 is 5.97 Å². The molecule has 146 valence electrons. The van der Waals surface area contributed by atoms with E-state index in [2.05, 4.69) is 4.98 Å². The zero-order valence-corrected chi connectivity index (χ0v) is 17.0. The van der Waals surface area contributed by atoms with Crippen LogP contribution in [0.4, 0.5) is 0 Å². The molecule has 8 heteroatoms. The molecule has 0 N–H and O–H groups in total. The number of likely N-dealkylation sites (N-methyl/N-ethyl adjacent to an activating group) is 1. The van der Waals surface area contributed by atoms with E-state index in [0.717, 1.165) is 15.2 Å². The number of para-hydroxylation sites is 1. The first-order valence-corrected chi connectivity index (χ1v) is 9.72. The number of halogens is 1. The molecule has 1 heterocycles. The highest BCUT2D eigenvalue weighted by Crippen LogP contribution is 2.24. The molecule has 3 rings (SSSR count). The molecule has 0 unspecified atom stereocenters. The monoisotopic (exact) mass is 418 g/mol. The van der Waals surface area contributed by atoms with Gasteiger partial charge in [0.15, 0.2) is 6.61 Å². The number of ether oxygens (including phenoxy) is 2. The summed E-state index contributed by atoms with van der Waals surface area (Å²) in [5.74, 6) is -0.284. The number of esters is 1. The molecule has 3 aromatic rings. The molecule has 6 nitrogen and oxygen atoms in total. The summed E-state index contributed by atoms with van der Waals surface area (Å²) in [5.41, 5.74) is 1.51. The van der Waals surface area contributed by atoms with E-state index >= 15 is 0 Å². The third-order valence-corrected chi connectivity index (χ3v) is 5.33. The van der Waals surface area contributed by atoms with Gasteiger partial charge in [0, 0.05) is 17.6 Å². The third kappa shape index (κ3) is 4.99. The summed E-state index contributed by atoms with van der Waals surface area (Å²) < 4.78 is 11.4. The standard InChI is InChI=1S/C20H19ClN2O4S/c1-23(11-18-22-15-5-3-4-6-17(15)28-18)19(24)12-27-20(25)10-13-9-14(21)7-8-16(13)26-2/h3-9H,10-12H2,1-2H3. The molecule has 0 spiro atoms. The largest absolute Gasteiger partial charge is 0.496 e. The minimum Gasteiger partial charge on any atom is -0.496 e. The van der Waals surface area contributed by atoms with Gasteiger partial charge in [-0.1, -0.05) is 23.7 Å². The van der Waals surface area contributed by atoms with Crippen molar-refractivity contribution < 1.29 is 19.1 Å². The van der Waals surface area contributed by atoms with Crippen LogP contribution in [0.15, 0.2) is 42.5 Å². The van der Waals surface area contributed by atoms with Gasteiger partial charge in [0.05, 0.1) is 30.3 Å². The Hall–Kier alpha value is -2.64. The Labute approximate surface area is 171 Å². The maximum absolute atomic E-state index is 12.3. The predicted molar refractivity (Wildman–Crippen MR) is 109 cm³/mol. The van der Waals surface area contributed by atoms with Crippen LogP contribution in [0.1, 0.15) is 10.6 Å². The second kappa shape index (κ2) is 9.03. The maximum atomic E-state index is 12.3. The lowest BCUT2D eigenvalue weighted by Crippen LogP contribution is -2.31. The van der Waals surface area contributed by atoms with Crippen LogP contribution in [-0.4, -0.2) is 42.5 Å². The Morgan fingerprint density at radius 3 is 2.75 bits per heavy atom. The fourth-order valence-electron chi connectivity index (χ4n) is 2.62. The van der Waals surface area contributed by atoms with E-state index in [1.165, 1.54) is 23.3 Å². The lowest BCUT2D eigenvalue weighted by atomic mass is 10.1. The number of amides is 1. The Morgan fingerprint density at radius 2 is 2.00 bits per heavy atom. The molecule has 0 atom stereocenters. The molecule has 1 aromatic heterocycles. The molecule has 0 aliphatic rings. The highest BCUT2D eigenvalue weighted by Gasteiger charge is 2.16. The summed E-state index contributed by atoms with van der Waals surface area (Å²) in [6.07, 6.45) is -0.0292. The summed E-state index contributed by atoms with van der Waals surface area (Å²) in [7, 11) is 3.17. The summed E-state index contributed by atoms with van der Waals surface area (Å²) in [4.78, 5) is 30.4. The minimum atomic E-state index is -0.526. The molecular weight excluding hydrogens is 400 g/mol. The first-order chi connectivity index (χ1) is 13.5. The molecule has 28 heavy (non-hydrogen) atoms. The Kier molecular flexibility index (Phi) is 6.49. The summed E-state index contributed by atoms with van der Waals surface area (Å²) >= 11 is 7.49. The van der Waals surface area contributed by atoms with Gasteiger partial charge in [-0.2, -0.15) is 0 Å². The van der Waals surface area contributed by atoms with Crippen molar-refractivity contribution in [3.63, 3.8) is 0 Å². The van der Waals surface area contributed by atoms with Crippen molar-refractivity contribution in [1.82, 2.24) is 9.88 Å². The normalized spacial score (nSPS) is 10.7. The second-order valence-corrected chi connectivity index (χ2v) is 7.67. The van der Waals surface area contributed by atoms with Crippen LogP contribution in [0.25, 0.3) is 10.2 Å². The minimum absolute atomic E-state index is 0.0292. The number of fused-ring (bicyclic) bond motifs is 1. The zero-order valence-electron chi connectivity index (χ0n) is 15.5. The van der Waals surface area contributed by atoms with Crippen molar-refractivity contribution in [2.24, 2.45) is 0 Å². The zero-order chi connectivity index (χ0) is 20.1. The number of hydrogen-bond acceptors (Lipinski definition) is 6. The van der Waals surface area contributed by atoms with Gasteiger partial charge in [-0.15, -0.1) is 11.3 Å². The number of benzene rings is 2. The van der Waals surface area contributed by atoms with Crippen molar-refractivity contribution >= 4 is 45.0 Å². The van der Waals surface area contributed by atoms with Gasteiger partial charge in [0.1, 0.15) is 10.8 Å². The fraction of sp³-hybridized carbons (Fsp3) is 0.250. The molecule has 0 aliphatic heterocycles. The van der Waals surface area contributed by atoms with Gasteiger partial charge in [-0.25, -0.2) is 4.98 Å². The lowest BCUT2D eigenvalue weighted by Gasteiger charge is -2.15. The van der Waals surface area contributed by atoms with E-state index in [0.29, 0.717) is 22.9 Å². The average molecular weight is 419 g/mol. The van der Waals surface area contributed by atoms with E-state index in [9.17, 15) is 9.59 Å².